The largest absolute Gasteiger partial charge is 0.323 e. The molecule has 0 radical (unpaired) electrons. The quantitative estimate of drug-likeness (QED) is 0.834. The Morgan fingerprint density at radius 3 is 2.75 bits per heavy atom. The van der Waals surface area contributed by atoms with Crippen molar-refractivity contribution in [2.45, 2.75) is 25.8 Å². The summed E-state index contributed by atoms with van der Waals surface area (Å²) in [5.74, 6) is 0.880. The average Bonchev–Trinajstić information content (AvgIpc) is 2.68. The molecular formula is C12H22N4. The summed E-state index contributed by atoms with van der Waals surface area (Å²) in [5.41, 5.74) is 7.32. The maximum Gasteiger partial charge on any atom is 0.0537 e. The van der Waals surface area contributed by atoms with E-state index in [9.17, 15) is 0 Å². The number of rotatable bonds is 3. The van der Waals surface area contributed by atoms with Crippen molar-refractivity contribution in [1.82, 2.24) is 14.7 Å². The minimum atomic E-state index is 0.0992. The smallest absolute Gasteiger partial charge is 0.0537 e. The number of hydrogen-bond donors (Lipinski definition) is 1. The third kappa shape index (κ3) is 2.83. The molecule has 0 spiro atoms. The first-order valence-corrected chi connectivity index (χ1v) is 6.11. The second-order valence-electron chi connectivity index (χ2n) is 5.04. The van der Waals surface area contributed by atoms with Gasteiger partial charge in [-0.2, -0.15) is 5.10 Å². The molecule has 1 aliphatic heterocycles. The van der Waals surface area contributed by atoms with E-state index in [0.29, 0.717) is 0 Å². The van der Waals surface area contributed by atoms with Crippen LogP contribution in [0.4, 0.5) is 0 Å². The zero-order valence-electron chi connectivity index (χ0n) is 10.3. The van der Waals surface area contributed by atoms with Crippen molar-refractivity contribution >= 4 is 0 Å². The van der Waals surface area contributed by atoms with Crippen LogP contribution in [0.5, 0.6) is 0 Å². The molecule has 0 saturated carbocycles. The number of aryl methyl sites for hydroxylation is 1. The fourth-order valence-corrected chi connectivity index (χ4v) is 2.26. The Morgan fingerprint density at radius 1 is 1.50 bits per heavy atom. The Morgan fingerprint density at radius 2 is 2.19 bits per heavy atom. The number of likely N-dealkylation sites (tertiary alicyclic amines) is 1. The standard InChI is InChI=1S/C12H22N4/c1-10-3-5-16(6-4-10)9-12(13)11-7-14-15(2)8-11/h7-8,10,12H,3-6,9,13H2,1-2H3. The van der Waals surface area contributed by atoms with Gasteiger partial charge < -0.3 is 10.6 Å². The van der Waals surface area contributed by atoms with Gasteiger partial charge in [-0.25, -0.2) is 0 Å². The van der Waals surface area contributed by atoms with Gasteiger partial charge in [0.1, 0.15) is 0 Å². The van der Waals surface area contributed by atoms with Gasteiger partial charge >= 0.3 is 0 Å². The maximum absolute atomic E-state index is 6.18. The highest BCUT2D eigenvalue weighted by Gasteiger charge is 2.18. The summed E-state index contributed by atoms with van der Waals surface area (Å²) >= 11 is 0. The van der Waals surface area contributed by atoms with Crippen LogP contribution in [0.3, 0.4) is 0 Å². The van der Waals surface area contributed by atoms with Crippen molar-refractivity contribution in [3.05, 3.63) is 18.0 Å². The molecule has 1 fully saturated rings. The first kappa shape index (κ1) is 11.6. The molecule has 90 valence electrons. The molecule has 1 aromatic heterocycles. The molecule has 1 aromatic rings. The fraction of sp³-hybridized carbons (Fsp3) is 0.750. The lowest BCUT2D eigenvalue weighted by molar-refractivity contribution is 0.183. The van der Waals surface area contributed by atoms with Crippen molar-refractivity contribution in [1.29, 1.82) is 0 Å². The predicted octanol–water partition coefficient (Wildman–Crippen LogP) is 1.15. The highest BCUT2D eigenvalue weighted by atomic mass is 15.2. The molecule has 1 aliphatic rings. The van der Waals surface area contributed by atoms with Crippen LogP contribution in [0.25, 0.3) is 0 Å². The van der Waals surface area contributed by atoms with Crippen molar-refractivity contribution < 1.29 is 0 Å². The summed E-state index contributed by atoms with van der Waals surface area (Å²) < 4.78 is 1.81. The van der Waals surface area contributed by atoms with Crippen LogP contribution in [0, 0.1) is 5.92 Å². The summed E-state index contributed by atoms with van der Waals surface area (Å²) in [6.45, 7) is 5.67. The van der Waals surface area contributed by atoms with E-state index in [4.69, 9.17) is 5.73 Å². The van der Waals surface area contributed by atoms with Crippen LogP contribution in [0.2, 0.25) is 0 Å². The third-order valence-electron chi connectivity index (χ3n) is 3.48. The average molecular weight is 222 g/mol. The van der Waals surface area contributed by atoms with Crippen molar-refractivity contribution in [2.75, 3.05) is 19.6 Å². The summed E-state index contributed by atoms with van der Waals surface area (Å²) in [6.07, 6.45) is 6.49. The maximum atomic E-state index is 6.18. The van der Waals surface area contributed by atoms with Crippen LogP contribution in [0.1, 0.15) is 31.4 Å². The zero-order chi connectivity index (χ0) is 11.5. The van der Waals surface area contributed by atoms with E-state index in [1.807, 2.05) is 24.1 Å². The van der Waals surface area contributed by atoms with E-state index in [2.05, 4.69) is 16.9 Å². The van der Waals surface area contributed by atoms with E-state index in [-0.39, 0.29) is 6.04 Å². The van der Waals surface area contributed by atoms with Crippen LogP contribution >= 0.6 is 0 Å². The van der Waals surface area contributed by atoms with Crippen LogP contribution < -0.4 is 5.73 Å². The van der Waals surface area contributed by atoms with Gasteiger partial charge in [0.05, 0.1) is 6.20 Å². The van der Waals surface area contributed by atoms with Gasteiger partial charge in [-0.1, -0.05) is 6.92 Å². The lowest BCUT2D eigenvalue weighted by Gasteiger charge is -2.31. The van der Waals surface area contributed by atoms with Gasteiger partial charge in [0.2, 0.25) is 0 Å². The number of nitrogens with zero attached hydrogens (tertiary/aromatic N) is 3. The molecule has 0 aliphatic carbocycles. The minimum absolute atomic E-state index is 0.0992. The fourth-order valence-electron chi connectivity index (χ4n) is 2.26. The van der Waals surface area contributed by atoms with Gasteiger partial charge in [-0.05, 0) is 31.8 Å². The molecule has 1 saturated heterocycles. The zero-order valence-corrected chi connectivity index (χ0v) is 10.3. The Hall–Kier alpha value is -0.870. The molecule has 2 rings (SSSR count). The van der Waals surface area contributed by atoms with Gasteiger partial charge in [-0.15, -0.1) is 0 Å². The van der Waals surface area contributed by atoms with Gasteiger partial charge in [0, 0.05) is 31.4 Å². The van der Waals surface area contributed by atoms with Crippen molar-refractivity contribution in [3.63, 3.8) is 0 Å². The third-order valence-corrected chi connectivity index (χ3v) is 3.48. The number of hydrogen-bond acceptors (Lipinski definition) is 3. The van der Waals surface area contributed by atoms with E-state index in [0.717, 1.165) is 18.0 Å². The van der Waals surface area contributed by atoms with Crippen molar-refractivity contribution in [3.8, 4) is 0 Å². The molecule has 0 bridgehead atoms. The first-order valence-electron chi connectivity index (χ1n) is 6.11. The van der Waals surface area contributed by atoms with Crippen molar-refractivity contribution in [2.24, 2.45) is 18.7 Å². The topological polar surface area (TPSA) is 47.1 Å². The number of aromatic nitrogens is 2. The molecule has 0 amide bonds. The second-order valence-corrected chi connectivity index (χ2v) is 5.04. The molecule has 4 heteroatoms. The molecule has 2 N–H and O–H groups in total. The van der Waals surface area contributed by atoms with Gasteiger partial charge in [0.25, 0.3) is 0 Å². The summed E-state index contributed by atoms with van der Waals surface area (Å²) in [5, 5.41) is 4.16. The Balaban J connectivity index is 1.85. The number of nitrogens with two attached hydrogens (primary N) is 1. The van der Waals surface area contributed by atoms with E-state index in [1.165, 1.54) is 25.9 Å². The molecular weight excluding hydrogens is 200 g/mol. The normalized spacial score (nSPS) is 21.2. The Kier molecular flexibility index (Phi) is 3.61. The molecule has 1 unspecified atom stereocenters. The molecule has 4 nitrogen and oxygen atoms in total. The highest BCUT2D eigenvalue weighted by molar-refractivity contribution is 5.10. The van der Waals surface area contributed by atoms with E-state index < -0.39 is 0 Å². The van der Waals surface area contributed by atoms with Gasteiger partial charge in [-0.3, -0.25) is 4.68 Å². The van der Waals surface area contributed by atoms with Crippen LogP contribution in [-0.2, 0) is 7.05 Å². The van der Waals surface area contributed by atoms with E-state index >= 15 is 0 Å². The lowest BCUT2D eigenvalue weighted by atomic mass is 9.98. The second kappa shape index (κ2) is 4.97. The Labute approximate surface area is 97.4 Å². The minimum Gasteiger partial charge on any atom is -0.323 e. The van der Waals surface area contributed by atoms with Crippen LogP contribution in [0.15, 0.2) is 12.4 Å². The van der Waals surface area contributed by atoms with Gasteiger partial charge in [0.15, 0.2) is 0 Å². The lowest BCUT2D eigenvalue weighted by Crippen LogP contribution is -2.37. The SMILES string of the molecule is CC1CCN(CC(N)c2cnn(C)c2)CC1. The van der Waals surface area contributed by atoms with E-state index in [1.54, 1.807) is 0 Å². The summed E-state index contributed by atoms with van der Waals surface area (Å²) in [7, 11) is 1.93. The summed E-state index contributed by atoms with van der Waals surface area (Å²) in [6, 6.07) is 0.0992. The molecule has 1 atom stereocenters. The summed E-state index contributed by atoms with van der Waals surface area (Å²) in [4.78, 5) is 2.47. The highest BCUT2D eigenvalue weighted by Crippen LogP contribution is 2.18. The first-order chi connectivity index (χ1) is 7.65. The number of piperidine rings is 1. The monoisotopic (exact) mass is 222 g/mol. The predicted molar refractivity (Wildman–Crippen MR) is 65.0 cm³/mol. The molecule has 0 aromatic carbocycles. The molecule has 2 heterocycles. The van der Waals surface area contributed by atoms with Crippen LogP contribution in [-0.4, -0.2) is 34.3 Å². The molecule has 16 heavy (non-hydrogen) atoms. The Bertz CT molecular complexity index is 326.